The smallest absolute Gasteiger partial charge is 0.448 e. The minimum Gasteiger partial charge on any atom is -0.448 e. The van der Waals surface area contributed by atoms with Crippen molar-refractivity contribution in [1.82, 2.24) is 0 Å². The number of ether oxygens (including phenoxy) is 1. The first kappa shape index (κ1) is 16.3. The monoisotopic (exact) mass is 264 g/mol. The third kappa shape index (κ3) is 5.94. The van der Waals surface area contributed by atoms with Crippen LogP contribution in [0, 0.1) is 0 Å². The van der Waals surface area contributed by atoms with E-state index < -0.39 is 15.0 Å². The molecular weight excluding hydrogens is 244 g/mol. The molecule has 0 aliphatic rings. The Morgan fingerprint density at radius 3 is 2.29 bits per heavy atom. The molecule has 0 N–H and O–H groups in total. The molecule has 0 amide bonds. The number of carbonyl (C=O) groups excluding carboxylic acids is 1. The maximum atomic E-state index is 11.4. The van der Waals surface area contributed by atoms with E-state index in [4.69, 9.17) is 22.4 Å². The van der Waals surface area contributed by atoms with Crippen molar-refractivity contribution < 1.29 is 27.2 Å². The van der Waals surface area contributed by atoms with Crippen LogP contribution in [-0.4, -0.2) is 42.6 Å². The van der Waals surface area contributed by atoms with Crippen molar-refractivity contribution >= 4 is 15.0 Å². The molecule has 0 aromatic carbocycles. The molecule has 0 aliphatic carbocycles. The van der Waals surface area contributed by atoms with Crippen LogP contribution in [0.3, 0.4) is 0 Å². The van der Waals surface area contributed by atoms with E-state index in [1.54, 1.807) is 0 Å². The topological polar surface area (TPSA) is 63.2 Å². The van der Waals surface area contributed by atoms with Crippen LogP contribution < -0.4 is 0 Å². The lowest BCUT2D eigenvalue weighted by molar-refractivity contribution is -0.142. The fraction of sp³-hybridized carbons (Fsp3) is 0.700. The molecular formula is C10H20O6Si. The first-order valence-electron chi connectivity index (χ1n) is 5.22. The van der Waals surface area contributed by atoms with E-state index in [0.717, 1.165) is 6.42 Å². The van der Waals surface area contributed by atoms with E-state index in [-0.39, 0.29) is 12.4 Å². The van der Waals surface area contributed by atoms with Gasteiger partial charge in [0, 0.05) is 26.4 Å². The third-order valence-corrected chi connectivity index (χ3v) is 3.64. The fourth-order valence-corrected chi connectivity index (χ4v) is 2.09. The molecule has 0 radical (unpaired) electrons. The van der Waals surface area contributed by atoms with Crippen LogP contribution in [0.15, 0.2) is 12.2 Å². The minimum absolute atomic E-state index is 0.0504. The Balaban J connectivity index is 4.34. The molecule has 0 atom stereocenters. The second-order valence-electron chi connectivity index (χ2n) is 3.25. The summed E-state index contributed by atoms with van der Waals surface area (Å²) in [5.74, 6) is -0.615. The second-order valence-corrected chi connectivity index (χ2v) is 5.56. The van der Waals surface area contributed by atoms with E-state index in [0.29, 0.717) is 6.61 Å². The van der Waals surface area contributed by atoms with Gasteiger partial charge in [0.05, 0.1) is 0 Å². The molecule has 0 bridgehead atoms. The molecule has 0 aliphatic heterocycles. The summed E-state index contributed by atoms with van der Waals surface area (Å²) < 4.78 is 25.4. The van der Waals surface area contributed by atoms with Crippen molar-refractivity contribution in [1.29, 1.82) is 0 Å². The van der Waals surface area contributed by atoms with Crippen molar-refractivity contribution in [2.45, 2.75) is 20.3 Å². The Labute approximate surface area is 103 Å². The lowest BCUT2D eigenvalue weighted by Gasteiger charge is -2.23. The van der Waals surface area contributed by atoms with Crippen LogP contribution >= 0.6 is 0 Å². The highest BCUT2D eigenvalue weighted by Crippen LogP contribution is 2.12. The van der Waals surface area contributed by atoms with Crippen LogP contribution in [-0.2, 0) is 27.2 Å². The van der Waals surface area contributed by atoms with Gasteiger partial charge in [-0.3, -0.25) is 0 Å². The van der Waals surface area contributed by atoms with Gasteiger partial charge in [0.15, 0.2) is 0 Å². The number of carbonyl (C=O) groups is 1. The third-order valence-electron chi connectivity index (χ3n) is 1.73. The van der Waals surface area contributed by atoms with Crippen molar-refractivity contribution in [3.05, 3.63) is 12.2 Å². The Morgan fingerprint density at radius 1 is 1.29 bits per heavy atom. The molecule has 17 heavy (non-hydrogen) atoms. The quantitative estimate of drug-likeness (QED) is 0.270. The van der Waals surface area contributed by atoms with E-state index in [1.165, 1.54) is 21.1 Å². The molecule has 0 fully saturated rings. The number of rotatable bonds is 9. The molecule has 0 heterocycles. The normalized spacial score (nSPS) is 11.3. The highest BCUT2D eigenvalue weighted by molar-refractivity contribution is 6.55. The average molecular weight is 264 g/mol. The molecule has 0 unspecified atom stereocenters. The first-order chi connectivity index (χ1) is 8.01. The first-order valence-corrected chi connectivity index (χ1v) is 6.85. The zero-order valence-electron chi connectivity index (χ0n) is 10.8. The summed E-state index contributed by atoms with van der Waals surface area (Å²) in [7, 11) is -0.758. The van der Waals surface area contributed by atoms with Gasteiger partial charge in [0.25, 0.3) is 0 Å². The van der Waals surface area contributed by atoms with E-state index in [1.807, 2.05) is 6.92 Å². The maximum Gasteiger partial charge on any atom is 0.753 e. The zero-order valence-corrected chi connectivity index (χ0v) is 11.8. The summed E-state index contributed by atoms with van der Waals surface area (Å²) in [6, 6.07) is 0. The molecule has 0 saturated carbocycles. The van der Waals surface area contributed by atoms with Crippen LogP contribution in [0.1, 0.15) is 20.3 Å². The van der Waals surface area contributed by atoms with Crippen molar-refractivity contribution in [2.24, 2.45) is 0 Å². The second kappa shape index (κ2) is 8.37. The van der Waals surface area contributed by atoms with Gasteiger partial charge in [-0.25, -0.2) is 4.79 Å². The molecule has 0 aromatic rings. The molecule has 0 aromatic heterocycles. The van der Waals surface area contributed by atoms with E-state index in [9.17, 15) is 4.79 Å². The van der Waals surface area contributed by atoms with Crippen LogP contribution in [0.5, 0.6) is 0 Å². The predicted molar refractivity (Wildman–Crippen MR) is 62.9 cm³/mol. The standard InChI is InChI=1S/C10H20O6Si/c1-6-7-14-8-15-17(12-4,13-5)16-10(11)9(2)3/h2,6-8H2,1,3-5H3. The average Bonchev–Trinajstić information content (AvgIpc) is 2.33. The Kier molecular flexibility index (Phi) is 8.01. The largest absolute Gasteiger partial charge is 0.753 e. The highest BCUT2D eigenvalue weighted by Gasteiger charge is 2.48. The zero-order chi connectivity index (χ0) is 13.3. The minimum atomic E-state index is -3.45. The van der Waals surface area contributed by atoms with Crippen LogP contribution in [0.25, 0.3) is 0 Å². The predicted octanol–water partition coefficient (Wildman–Crippen LogP) is 1.23. The van der Waals surface area contributed by atoms with Gasteiger partial charge in [-0.2, -0.15) is 0 Å². The SMILES string of the molecule is C=C(C)C(=O)O[Si](OC)(OC)OCOCCC. The number of hydrogen-bond donors (Lipinski definition) is 0. The molecule has 100 valence electrons. The molecule has 0 saturated heterocycles. The van der Waals surface area contributed by atoms with Crippen molar-refractivity contribution in [2.75, 3.05) is 27.6 Å². The van der Waals surface area contributed by atoms with E-state index in [2.05, 4.69) is 6.58 Å². The van der Waals surface area contributed by atoms with Gasteiger partial charge in [0.1, 0.15) is 6.79 Å². The van der Waals surface area contributed by atoms with Gasteiger partial charge in [-0.1, -0.05) is 13.5 Å². The van der Waals surface area contributed by atoms with Gasteiger partial charge in [-0.15, -0.1) is 0 Å². The van der Waals surface area contributed by atoms with Crippen molar-refractivity contribution in [3.63, 3.8) is 0 Å². The molecule has 0 spiro atoms. The summed E-state index contributed by atoms with van der Waals surface area (Å²) in [6.07, 6.45) is 0.865. The lowest BCUT2D eigenvalue weighted by Crippen LogP contribution is -2.49. The molecule has 6 nitrogen and oxygen atoms in total. The van der Waals surface area contributed by atoms with Gasteiger partial charge in [-0.05, 0) is 13.3 Å². The molecule has 0 rings (SSSR count). The van der Waals surface area contributed by atoms with Crippen LogP contribution in [0.2, 0.25) is 0 Å². The van der Waals surface area contributed by atoms with Gasteiger partial charge >= 0.3 is 15.0 Å². The molecule has 7 heteroatoms. The van der Waals surface area contributed by atoms with Gasteiger partial charge in [0.2, 0.25) is 0 Å². The van der Waals surface area contributed by atoms with E-state index >= 15 is 0 Å². The summed E-state index contributed by atoms with van der Waals surface area (Å²) in [5, 5.41) is 0. The Hall–Kier alpha value is -0.733. The summed E-state index contributed by atoms with van der Waals surface area (Å²) in [4.78, 5) is 11.4. The Morgan fingerprint density at radius 2 is 1.88 bits per heavy atom. The summed E-state index contributed by atoms with van der Waals surface area (Å²) in [6.45, 7) is 7.46. The lowest BCUT2D eigenvalue weighted by atomic mass is 10.4. The maximum absolute atomic E-state index is 11.4. The van der Waals surface area contributed by atoms with Crippen LogP contribution in [0.4, 0.5) is 0 Å². The highest BCUT2D eigenvalue weighted by atomic mass is 28.4. The van der Waals surface area contributed by atoms with Crippen molar-refractivity contribution in [3.8, 4) is 0 Å². The van der Waals surface area contributed by atoms with Gasteiger partial charge < -0.3 is 22.4 Å². The fourth-order valence-electron chi connectivity index (χ4n) is 0.832. The Bertz CT molecular complexity index is 251. The number of hydrogen-bond acceptors (Lipinski definition) is 6. The summed E-state index contributed by atoms with van der Waals surface area (Å²) >= 11 is 0. The summed E-state index contributed by atoms with van der Waals surface area (Å²) in [5.41, 5.74) is 0.244.